The zero-order chi connectivity index (χ0) is 14.0. The van der Waals surface area contributed by atoms with E-state index in [1.54, 1.807) is 0 Å². The number of anilines is 1. The van der Waals surface area contributed by atoms with Gasteiger partial charge in [-0.2, -0.15) is 0 Å². The van der Waals surface area contributed by atoms with Crippen LogP contribution in [0.3, 0.4) is 0 Å². The first-order valence-corrected chi connectivity index (χ1v) is 7.30. The summed E-state index contributed by atoms with van der Waals surface area (Å²) in [6, 6.07) is 1.89. The van der Waals surface area contributed by atoms with Crippen molar-refractivity contribution in [1.82, 2.24) is 4.98 Å². The van der Waals surface area contributed by atoms with Crippen molar-refractivity contribution in [2.24, 2.45) is 5.73 Å². The van der Waals surface area contributed by atoms with E-state index in [1.165, 1.54) is 23.1 Å². The van der Waals surface area contributed by atoms with Crippen LogP contribution in [0.25, 0.3) is 0 Å². The SMILES string of the molecule is CCc1cc(C(=O)Nc2ncc(C(N)=O)s2)sc1C. The van der Waals surface area contributed by atoms with Gasteiger partial charge in [0.25, 0.3) is 11.8 Å². The summed E-state index contributed by atoms with van der Waals surface area (Å²) in [7, 11) is 0. The van der Waals surface area contributed by atoms with E-state index in [0.717, 1.165) is 22.6 Å². The zero-order valence-corrected chi connectivity index (χ0v) is 12.2. The van der Waals surface area contributed by atoms with Crippen LogP contribution in [0, 0.1) is 6.92 Å². The molecule has 0 bridgehead atoms. The van der Waals surface area contributed by atoms with E-state index in [0.29, 0.717) is 14.9 Å². The van der Waals surface area contributed by atoms with Crippen LogP contribution >= 0.6 is 22.7 Å². The molecule has 7 heteroatoms. The van der Waals surface area contributed by atoms with Gasteiger partial charge >= 0.3 is 0 Å². The topological polar surface area (TPSA) is 85.1 Å². The fourth-order valence-corrected chi connectivity index (χ4v) is 3.26. The normalized spacial score (nSPS) is 10.4. The molecule has 0 radical (unpaired) electrons. The predicted octanol–water partition coefficient (Wildman–Crippen LogP) is 2.43. The van der Waals surface area contributed by atoms with Gasteiger partial charge in [0.1, 0.15) is 4.88 Å². The van der Waals surface area contributed by atoms with Crippen molar-refractivity contribution in [1.29, 1.82) is 0 Å². The van der Waals surface area contributed by atoms with Gasteiger partial charge < -0.3 is 5.73 Å². The third-order valence-electron chi connectivity index (χ3n) is 2.59. The number of carbonyl (C=O) groups excluding carboxylic acids is 2. The maximum atomic E-state index is 12.0. The highest BCUT2D eigenvalue weighted by molar-refractivity contribution is 7.18. The van der Waals surface area contributed by atoms with Crippen molar-refractivity contribution < 1.29 is 9.59 Å². The van der Waals surface area contributed by atoms with E-state index in [1.807, 2.05) is 13.0 Å². The van der Waals surface area contributed by atoms with Crippen LogP contribution in [0.2, 0.25) is 0 Å². The number of aromatic nitrogens is 1. The number of rotatable bonds is 4. The summed E-state index contributed by atoms with van der Waals surface area (Å²) < 4.78 is 0. The van der Waals surface area contributed by atoms with Crippen LogP contribution in [0.1, 0.15) is 36.7 Å². The predicted molar refractivity (Wildman–Crippen MR) is 77.0 cm³/mol. The lowest BCUT2D eigenvalue weighted by atomic mass is 10.2. The number of nitrogens with zero attached hydrogens (tertiary/aromatic N) is 1. The summed E-state index contributed by atoms with van der Waals surface area (Å²) in [5, 5.41) is 3.05. The molecule has 0 saturated carbocycles. The molecular formula is C12H13N3O2S2. The van der Waals surface area contributed by atoms with E-state index in [2.05, 4.69) is 17.2 Å². The Kier molecular flexibility index (Phi) is 3.96. The van der Waals surface area contributed by atoms with Crippen molar-refractivity contribution in [3.05, 3.63) is 32.5 Å². The number of nitrogens with two attached hydrogens (primary N) is 1. The molecule has 0 fully saturated rings. The average molecular weight is 295 g/mol. The Labute approximate surface area is 118 Å². The monoisotopic (exact) mass is 295 g/mol. The number of carbonyl (C=O) groups is 2. The third-order valence-corrected chi connectivity index (χ3v) is 4.61. The largest absolute Gasteiger partial charge is 0.365 e. The van der Waals surface area contributed by atoms with Gasteiger partial charge in [0, 0.05) is 4.88 Å². The number of thiazole rings is 1. The van der Waals surface area contributed by atoms with Gasteiger partial charge in [-0.05, 0) is 25.0 Å². The minimum Gasteiger partial charge on any atom is -0.365 e. The molecule has 0 aliphatic rings. The molecule has 100 valence electrons. The van der Waals surface area contributed by atoms with Gasteiger partial charge in [0.2, 0.25) is 0 Å². The van der Waals surface area contributed by atoms with Crippen molar-refractivity contribution in [2.45, 2.75) is 20.3 Å². The Balaban J connectivity index is 2.13. The summed E-state index contributed by atoms with van der Waals surface area (Å²) in [6.07, 6.45) is 2.26. The molecule has 0 atom stereocenters. The van der Waals surface area contributed by atoms with Gasteiger partial charge in [0.15, 0.2) is 5.13 Å². The van der Waals surface area contributed by atoms with E-state index >= 15 is 0 Å². The van der Waals surface area contributed by atoms with Gasteiger partial charge in [-0.3, -0.25) is 14.9 Å². The summed E-state index contributed by atoms with van der Waals surface area (Å²) in [4.78, 5) is 29.0. The minimum atomic E-state index is -0.543. The maximum Gasteiger partial charge on any atom is 0.267 e. The van der Waals surface area contributed by atoms with Gasteiger partial charge in [-0.15, -0.1) is 11.3 Å². The molecule has 2 aromatic heterocycles. The van der Waals surface area contributed by atoms with Crippen molar-refractivity contribution in [2.75, 3.05) is 5.32 Å². The Morgan fingerprint density at radius 2 is 2.11 bits per heavy atom. The quantitative estimate of drug-likeness (QED) is 0.908. The number of thiophene rings is 1. The second-order valence-electron chi connectivity index (χ2n) is 3.89. The van der Waals surface area contributed by atoms with Crippen LogP contribution in [0.15, 0.2) is 12.3 Å². The van der Waals surface area contributed by atoms with Crippen LogP contribution < -0.4 is 11.1 Å². The van der Waals surface area contributed by atoms with Crippen LogP contribution in [0.5, 0.6) is 0 Å². The molecular weight excluding hydrogens is 282 g/mol. The van der Waals surface area contributed by atoms with E-state index in [9.17, 15) is 9.59 Å². The number of amides is 2. The lowest BCUT2D eigenvalue weighted by Gasteiger charge is -1.97. The Hall–Kier alpha value is -1.73. The standard InChI is InChI=1S/C12H13N3O2S2/c1-3-7-4-8(18-6(7)2)11(17)15-12-14-5-9(19-12)10(13)16/h4-5H,3H2,1-2H3,(H2,13,16)(H,14,15,17). The van der Waals surface area contributed by atoms with Crippen LogP contribution in [0.4, 0.5) is 5.13 Å². The second-order valence-corrected chi connectivity index (χ2v) is 6.18. The van der Waals surface area contributed by atoms with E-state index in [4.69, 9.17) is 5.73 Å². The first-order chi connectivity index (χ1) is 9.01. The molecule has 0 aliphatic heterocycles. The zero-order valence-electron chi connectivity index (χ0n) is 10.5. The van der Waals surface area contributed by atoms with E-state index < -0.39 is 5.91 Å². The highest BCUT2D eigenvalue weighted by Gasteiger charge is 2.14. The molecule has 0 aromatic carbocycles. The highest BCUT2D eigenvalue weighted by Crippen LogP contribution is 2.24. The van der Waals surface area contributed by atoms with Gasteiger partial charge in [-0.25, -0.2) is 4.98 Å². The number of hydrogen-bond acceptors (Lipinski definition) is 5. The smallest absolute Gasteiger partial charge is 0.267 e. The molecule has 2 aromatic rings. The van der Waals surface area contributed by atoms with Crippen LogP contribution in [-0.2, 0) is 6.42 Å². The molecule has 3 N–H and O–H groups in total. The first kappa shape index (κ1) is 13.7. The fraction of sp³-hybridized carbons (Fsp3) is 0.250. The first-order valence-electron chi connectivity index (χ1n) is 5.67. The molecule has 5 nitrogen and oxygen atoms in total. The summed E-state index contributed by atoms with van der Waals surface area (Å²) >= 11 is 2.52. The Morgan fingerprint density at radius 3 is 2.63 bits per heavy atom. The molecule has 0 unspecified atom stereocenters. The highest BCUT2D eigenvalue weighted by atomic mass is 32.1. The number of aryl methyl sites for hydroxylation is 2. The average Bonchev–Trinajstić information content (AvgIpc) is 2.95. The maximum absolute atomic E-state index is 12.0. The van der Waals surface area contributed by atoms with Crippen LogP contribution in [-0.4, -0.2) is 16.8 Å². The molecule has 19 heavy (non-hydrogen) atoms. The van der Waals surface area contributed by atoms with Crippen molar-refractivity contribution >= 4 is 39.6 Å². The molecule has 2 rings (SSSR count). The Morgan fingerprint density at radius 1 is 1.37 bits per heavy atom. The summed E-state index contributed by atoms with van der Waals surface area (Å²) in [6.45, 7) is 4.05. The van der Waals surface area contributed by atoms with Gasteiger partial charge in [-0.1, -0.05) is 18.3 Å². The molecule has 0 aliphatic carbocycles. The van der Waals surface area contributed by atoms with E-state index in [-0.39, 0.29) is 5.91 Å². The molecule has 0 spiro atoms. The fourth-order valence-electron chi connectivity index (χ4n) is 1.59. The van der Waals surface area contributed by atoms with Crippen molar-refractivity contribution in [3.8, 4) is 0 Å². The summed E-state index contributed by atoms with van der Waals surface area (Å²) in [5.74, 6) is -0.753. The molecule has 0 saturated heterocycles. The minimum absolute atomic E-state index is 0.210. The van der Waals surface area contributed by atoms with Gasteiger partial charge in [0.05, 0.1) is 11.1 Å². The lowest BCUT2D eigenvalue weighted by molar-refractivity contribution is 0.100. The summed E-state index contributed by atoms with van der Waals surface area (Å²) in [5.41, 5.74) is 6.30. The molecule has 2 amide bonds. The third kappa shape index (κ3) is 2.99. The molecule has 2 heterocycles. The second kappa shape index (κ2) is 5.50. The number of nitrogens with one attached hydrogen (secondary N) is 1. The number of hydrogen-bond donors (Lipinski definition) is 2. The van der Waals surface area contributed by atoms with Crippen molar-refractivity contribution in [3.63, 3.8) is 0 Å². The lowest BCUT2D eigenvalue weighted by Crippen LogP contribution is -2.10. The number of primary amides is 1. The Bertz CT molecular complexity index is 631.